The van der Waals surface area contributed by atoms with Crippen molar-refractivity contribution in [2.45, 2.75) is 19.3 Å². The second-order valence-corrected chi connectivity index (χ2v) is 4.91. The molecule has 0 bridgehead atoms. The minimum atomic E-state index is -0.618. The molecule has 3 heteroatoms. The molecule has 2 aromatic rings. The van der Waals surface area contributed by atoms with E-state index in [2.05, 4.69) is 0 Å². The van der Waals surface area contributed by atoms with E-state index >= 15 is 0 Å². The molecule has 100 valence electrons. The third-order valence-electron chi connectivity index (χ3n) is 3.24. The monoisotopic (exact) mass is 319 g/mol. The fourth-order valence-electron chi connectivity index (χ4n) is 2.14. The van der Waals surface area contributed by atoms with Gasteiger partial charge >= 0.3 is 0 Å². The molecule has 0 heterocycles. The molecule has 0 radical (unpaired) electrons. The number of para-hydroxylation sites is 1. The second-order valence-electron chi connectivity index (χ2n) is 4.91. The van der Waals surface area contributed by atoms with Crippen molar-refractivity contribution in [2.24, 2.45) is 0 Å². The van der Waals surface area contributed by atoms with Crippen molar-refractivity contribution in [2.75, 3.05) is 5.73 Å². The summed E-state index contributed by atoms with van der Waals surface area (Å²) in [5, 5.41) is 0. The lowest BCUT2D eigenvalue weighted by atomic mass is 9.77. The number of benzene rings is 2. The van der Waals surface area contributed by atoms with Crippen LogP contribution in [-0.4, -0.2) is 5.78 Å². The number of nitrogens with two attached hydrogens (primary N) is 1. The molecule has 2 N–H and O–H groups in total. The van der Waals surface area contributed by atoms with E-state index in [0.29, 0.717) is 11.3 Å². The van der Waals surface area contributed by atoms with E-state index in [1.54, 1.807) is 0 Å². The Balaban J connectivity index is 0.00000180. The fourth-order valence-corrected chi connectivity index (χ4v) is 2.14. The zero-order valence-electron chi connectivity index (χ0n) is 11.1. The molecule has 0 aromatic heterocycles. The molecule has 0 fully saturated rings. The van der Waals surface area contributed by atoms with Crippen molar-refractivity contribution < 1.29 is 4.79 Å². The lowest BCUT2D eigenvalue weighted by Crippen LogP contribution is -2.30. The van der Waals surface area contributed by atoms with E-state index in [4.69, 9.17) is 5.73 Å². The first-order valence-electron chi connectivity index (χ1n) is 5.98. The van der Waals surface area contributed by atoms with E-state index in [1.165, 1.54) is 0 Å². The van der Waals surface area contributed by atoms with Gasteiger partial charge in [-0.25, -0.2) is 0 Å². The zero-order valence-corrected chi connectivity index (χ0v) is 12.8. The van der Waals surface area contributed by atoms with Gasteiger partial charge in [-0.15, -0.1) is 17.0 Å². The summed E-state index contributed by atoms with van der Waals surface area (Å²) in [6, 6.07) is 16.8. The molecule has 0 aliphatic heterocycles. The van der Waals surface area contributed by atoms with E-state index < -0.39 is 5.41 Å². The van der Waals surface area contributed by atoms with Gasteiger partial charge in [0.25, 0.3) is 0 Å². The molecule has 2 nitrogen and oxygen atoms in total. The standard InChI is InChI=1S/C16H17NO.BrH/c1-16(2,13-10-6-7-11-14(13)17)15(18)12-8-4-3-5-9-12;/h3-11H,17H2,1-2H3;1H. The Morgan fingerprint density at radius 2 is 1.47 bits per heavy atom. The molecular weight excluding hydrogens is 302 g/mol. The Morgan fingerprint density at radius 1 is 0.947 bits per heavy atom. The number of rotatable bonds is 3. The number of hydrogen-bond donors (Lipinski definition) is 1. The predicted octanol–water partition coefficient (Wildman–Crippen LogP) is 4.01. The zero-order chi connectivity index (χ0) is 13.2. The molecule has 0 saturated heterocycles. The summed E-state index contributed by atoms with van der Waals surface area (Å²) in [6.07, 6.45) is 0. The highest BCUT2D eigenvalue weighted by molar-refractivity contribution is 8.93. The number of halogens is 1. The van der Waals surface area contributed by atoms with Crippen LogP contribution < -0.4 is 5.73 Å². The van der Waals surface area contributed by atoms with Crippen LogP contribution in [0.4, 0.5) is 5.69 Å². The van der Waals surface area contributed by atoms with Crippen LogP contribution in [0.2, 0.25) is 0 Å². The maximum absolute atomic E-state index is 12.6. The van der Waals surface area contributed by atoms with Crippen LogP contribution in [-0.2, 0) is 5.41 Å². The maximum atomic E-state index is 12.6. The number of anilines is 1. The van der Waals surface area contributed by atoms with Gasteiger partial charge < -0.3 is 5.73 Å². The van der Waals surface area contributed by atoms with E-state index in [-0.39, 0.29) is 22.8 Å². The molecule has 0 amide bonds. The van der Waals surface area contributed by atoms with Crippen LogP contribution in [0.3, 0.4) is 0 Å². The highest BCUT2D eigenvalue weighted by Gasteiger charge is 2.31. The van der Waals surface area contributed by atoms with Crippen LogP contribution in [0.15, 0.2) is 54.6 Å². The summed E-state index contributed by atoms with van der Waals surface area (Å²) in [5.74, 6) is 0.0843. The average Bonchev–Trinajstić information content (AvgIpc) is 2.39. The maximum Gasteiger partial charge on any atom is 0.172 e. The van der Waals surface area contributed by atoms with Crippen molar-refractivity contribution in [3.8, 4) is 0 Å². The van der Waals surface area contributed by atoms with Gasteiger partial charge in [0.2, 0.25) is 0 Å². The Morgan fingerprint density at radius 3 is 2.05 bits per heavy atom. The molecule has 0 unspecified atom stereocenters. The van der Waals surface area contributed by atoms with E-state index in [9.17, 15) is 4.79 Å². The normalized spacial score (nSPS) is 10.6. The number of ketones is 1. The van der Waals surface area contributed by atoms with Gasteiger partial charge in [0.1, 0.15) is 0 Å². The van der Waals surface area contributed by atoms with Crippen LogP contribution in [0.25, 0.3) is 0 Å². The van der Waals surface area contributed by atoms with Gasteiger partial charge in [-0.3, -0.25) is 4.79 Å². The Labute approximate surface area is 124 Å². The molecule has 0 spiro atoms. The van der Waals surface area contributed by atoms with Crippen LogP contribution in [0.5, 0.6) is 0 Å². The van der Waals surface area contributed by atoms with Gasteiger partial charge in [-0.2, -0.15) is 0 Å². The van der Waals surface area contributed by atoms with Crippen LogP contribution in [0.1, 0.15) is 29.8 Å². The van der Waals surface area contributed by atoms with Crippen molar-refractivity contribution in [3.05, 3.63) is 65.7 Å². The van der Waals surface area contributed by atoms with Crippen molar-refractivity contribution >= 4 is 28.5 Å². The molecule has 0 saturated carbocycles. The van der Waals surface area contributed by atoms with Crippen molar-refractivity contribution in [1.29, 1.82) is 0 Å². The first-order valence-corrected chi connectivity index (χ1v) is 5.98. The smallest absolute Gasteiger partial charge is 0.172 e. The lowest BCUT2D eigenvalue weighted by Gasteiger charge is -2.25. The largest absolute Gasteiger partial charge is 0.398 e. The number of carbonyl (C=O) groups excluding carboxylic acids is 1. The van der Waals surface area contributed by atoms with E-state index in [0.717, 1.165) is 5.56 Å². The summed E-state index contributed by atoms with van der Waals surface area (Å²) in [6.45, 7) is 3.82. The van der Waals surface area contributed by atoms with Gasteiger partial charge in [0.15, 0.2) is 5.78 Å². The summed E-state index contributed by atoms with van der Waals surface area (Å²) in [5.41, 5.74) is 7.60. The Hall–Kier alpha value is -1.61. The third-order valence-corrected chi connectivity index (χ3v) is 3.24. The quantitative estimate of drug-likeness (QED) is 0.686. The molecule has 0 aliphatic carbocycles. The molecule has 2 rings (SSSR count). The minimum absolute atomic E-state index is 0. The summed E-state index contributed by atoms with van der Waals surface area (Å²) in [4.78, 5) is 12.6. The SMILES string of the molecule is Br.CC(C)(C(=O)c1ccccc1)c1ccccc1N. The highest BCUT2D eigenvalue weighted by atomic mass is 79.9. The highest BCUT2D eigenvalue weighted by Crippen LogP contribution is 2.31. The van der Waals surface area contributed by atoms with Crippen molar-refractivity contribution in [3.63, 3.8) is 0 Å². The molecule has 0 aliphatic rings. The molecule has 19 heavy (non-hydrogen) atoms. The molecule has 2 aromatic carbocycles. The van der Waals surface area contributed by atoms with Crippen LogP contribution >= 0.6 is 17.0 Å². The summed E-state index contributed by atoms with van der Waals surface area (Å²) >= 11 is 0. The van der Waals surface area contributed by atoms with Gasteiger partial charge in [0, 0.05) is 11.3 Å². The lowest BCUT2D eigenvalue weighted by molar-refractivity contribution is 0.0909. The first-order chi connectivity index (χ1) is 8.53. The number of nitrogen functional groups attached to an aromatic ring is 1. The Kier molecular flexibility index (Phi) is 4.90. The fraction of sp³-hybridized carbons (Fsp3) is 0.188. The minimum Gasteiger partial charge on any atom is -0.398 e. The van der Waals surface area contributed by atoms with Gasteiger partial charge in [-0.1, -0.05) is 48.5 Å². The first kappa shape index (κ1) is 15.4. The van der Waals surface area contributed by atoms with E-state index in [1.807, 2.05) is 68.4 Å². The van der Waals surface area contributed by atoms with Crippen LogP contribution in [0, 0.1) is 0 Å². The van der Waals surface area contributed by atoms with Gasteiger partial charge in [-0.05, 0) is 25.5 Å². The average molecular weight is 320 g/mol. The summed E-state index contributed by atoms with van der Waals surface area (Å²) in [7, 11) is 0. The number of hydrogen-bond acceptors (Lipinski definition) is 2. The predicted molar refractivity (Wildman–Crippen MR) is 85.0 cm³/mol. The molecular formula is C16H18BrNO. The van der Waals surface area contributed by atoms with Gasteiger partial charge in [0.05, 0.1) is 5.41 Å². The number of Topliss-reactive ketones (excluding diaryl/α,β-unsaturated/α-hetero) is 1. The topological polar surface area (TPSA) is 43.1 Å². The van der Waals surface area contributed by atoms with Crippen molar-refractivity contribution in [1.82, 2.24) is 0 Å². The third kappa shape index (κ3) is 3.04. The Bertz CT molecular complexity index is 564. The molecule has 0 atom stereocenters. The summed E-state index contributed by atoms with van der Waals surface area (Å²) < 4.78 is 0. The number of carbonyl (C=O) groups is 1. The second kappa shape index (κ2) is 6.02.